The van der Waals surface area contributed by atoms with Crippen LogP contribution in [0.15, 0.2) is 0 Å². The molecule has 2 aliphatic carbocycles. The quantitative estimate of drug-likeness (QED) is 0.814. The van der Waals surface area contributed by atoms with E-state index in [1.807, 2.05) is 0 Å². The molecule has 0 aliphatic heterocycles. The van der Waals surface area contributed by atoms with Crippen molar-refractivity contribution in [3.8, 4) is 0 Å². The summed E-state index contributed by atoms with van der Waals surface area (Å²) in [4.78, 5) is 23.3. The van der Waals surface area contributed by atoms with Crippen molar-refractivity contribution in [3.63, 3.8) is 0 Å². The van der Waals surface area contributed by atoms with Gasteiger partial charge in [-0.1, -0.05) is 32.6 Å². The monoisotopic (exact) mass is 281 g/mol. The van der Waals surface area contributed by atoms with E-state index >= 15 is 0 Å². The fourth-order valence-electron chi connectivity index (χ4n) is 3.79. The van der Waals surface area contributed by atoms with E-state index in [-0.39, 0.29) is 11.8 Å². The second-order valence-corrected chi connectivity index (χ2v) is 6.52. The first-order valence-electron chi connectivity index (χ1n) is 8.12. The SMILES string of the molecule is CCC1CCC(CNC(=O)[C@@H]2CCC[C@@H]2C(=O)O)CC1. The fraction of sp³-hybridized carbons (Fsp3) is 0.875. The second kappa shape index (κ2) is 7.09. The van der Waals surface area contributed by atoms with Crippen LogP contribution in [0, 0.1) is 23.7 Å². The zero-order valence-electron chi connectivity index (χ0n) is 12.4. The maximum atomic E-state index is 12.1. The van der Waals surface area contributed by atoms with Gasteiger partial charge >= 0.3 is 5.97 Å². The van der Waals surface area contributed by atoms with Gasteiger partial charge in [-0.05, 0) is 37.5 Å². The van der Waals surface area contributed by atoms with E-state index in [2.05, 4.69) is 12.2 Å². The van der Waals surface area contributed by atoms with Gasteiger partial charge in [0.05, 0.1) is 11.8 Å². The molecular weight excluding hydrogens is 254 g/mol. The molecule has 2 saturated carbocycles. The van der Waals surface area contributed by atoms with Gasteiger partial charge in [0.1, 0.15) is 0 Å². The van der Waals surface area contributed by atoms with E-state index in [1.165, 1.54) is 32.1 Å². The molecule has 0 spiro atoms. The normalized spacial score (nSPS) is 33.9. The van der Waals surface area contributed by atoms with Gasteiger partial charge in [-0.2, -0.15) is 0 Å². The number of carbonyl (C=O) groups is 2. The molecule has 0 heterocycles. The lowest BCUT2D eigenvalue weighted by Crippen LogP contribution is -2.38. The van der Waals surface area contributed by atoms with Crippen LogP contribution in [0.5, 0.6) is 0 Å². The van der Waals surface area contributed by atoms with Crippen LogP contribution in [-0.2, 0) is 9.59 Å². The predicted octanol–water partition coefficient (Wildman–Crippen LogP) is 2.82. The van der Waals surface area contributed by atoms with E-state index in [1.54, 1.807) is 0 Å². The average Bonchev–Trinajstić information content (AvgIpc) is 2.95. The molecule has 2 N–H and O–H groups in total. The summed E-state index contributed by atoms with van der Waals surface area (Å²) in [6, 6.07) is 0. The van der Waals surface area contributed by atoms with Gasteiger partial charge in [0.15, 0.2) is 0 Å². The molecule has 0 radical (unpaired) electrons. The Balaban J connectivity index is 1.74. The van der Waals surface area contributed by atoms with Crippen molar-refractivity contribution in [1.29, 1.82) is 0 Å². The molecule has 0 bridgehead atoms. The Hall–Kier alpha value is -1.06. The average molecular weight is 281 g/mol. The highest BCUT2D eigenvalue weighted by Crippen LogP contribution is 2.33. The molecule has 20 heavy (non-hydrogen) atoms. The molecule has 4 nitrogen and oxygen atoms in total. The van der Waals surface area contributed by atoms with Gasteiger partial charge in [0.25, 0.3) is 0 Å². The van der Waals surface area contributed by atoms with Crippen LogP contribution in [0.2, 0.25) is 0 Å². The minimum absolute atomic E-state index is 0.0347. The molecule has 0 aromatic carbocycles. The van der Waals surface area contributed by atoms with Crippen molar-refractivity contribution in [2.24, 2.45) is 23.7 Å². The fourth-order valence-corrected chi connectivity index (χ4v) is 3.79. The molecule has 4 heteroatoms. The Morgan fingerprint density at radius 3 is 2.20 bits per heavy atom. The van der Waals surface area contributed by atoms with Crippen LogP contribution >= 0.6 is 0 Å². The number of carboxylic acids is 1. The predicted molar refractivity (Wildman–Crippen MR) is 77.2 cm³/mol. The first-order chi connectivity index (χ1) is 9.61. The number of nitrogens with one attached hydrogen (secondary N) is 1. The third-order valence-corrected chi connectivity index (χ3v) is 5.28. The van der Waals surface area contributed by atoms with E-state index in [0.717, 1.165) is 25.3 Å². The van der Waals surface area contributed by atoms with Crippen LogP contribution in [-0.4, -0.2) is 23.5 Å². The standard InChI is InChI=1S/C16H27NO3/c1-2-11-6-8-12(9-7-11)10-17-15(18)13-4-3-5-14(13)16(19)20/h11-14H,2-10H2,1H3,(H,17,18)(H,19,20)/t11?,12?,13-,14+/m1/s1. The Kier molecular flexibility index (Phi) is 5.44. The summed E-state index contributed by atoms with van der Waals surface area (Å²) in [5, 5.41) is 12.1. The lowest BCUT2D eigenvalue weighted by atomic mass is 9.81. The molecule has 2 aliphatic rings. The van der Waals surface area contributed by atoms with Crippen LogP contribution in [0.3, 0.4) is 0 Å². The molecule has 0 saturated heterocycles. The third-order valence-electron chi connectivity index (χ3n) is 5.28. The smallest absolute Gasteiger partial charge is 0.307 e. The lowest BCUT2D eigenvalue weighted by molar-refractivity contribution is -0.146. The first-order valence-corrected chi connectivity index (χ1v) is 8.12. The molecule has 2 fully saturated rings. The van der Waals surface area contributed by atoms with E-state index in [9.17, 15) is 9.59 Å². The van der Waals surface area contributed by atoms with Gasteiger partial charge in [0, 0.05) is 6.54 Å². The van der Waals surface area contributed by atoms with Crippen molar-refractivity contribution in [3.05, 3.63) is 0 Å². The van der Waals surface area contributed by atoms with Gasteiger partial charge in [-0.3, -0.25) is 9.59 Å². The molecule has 0 aromatic heterocycles. The molecule has 2 atom stereocenters. The summed E-state index contributed by atoms with van der Waals surface area (Å²) in [7, 11) is 0. The molecule has 114 valence electrons. The topological polar surface area (TPSA) is 66.4 Å². The summed E-state index contributed by atoms with van der Waals surface area (Å²) in [6.07, 6.45) is 8.45. The maximum Gasteiger partial charge on any atom is 0.307 e. The van der Waals surface area contributed by atoms with E-state index < -0.39 is 11.9 Å². The number of hydrogen-bond acceptors (Lipinski definition) is 2. The van der Waals surface area contributed by atoms with Crippen molar-refractivity contribution >= 4 is 11.9 Å². The minimum Gasteiger partial charge on any atom is -0.481 e. The molecule has 0 aromatic rings. The van der Waals surface area contributed by atoms with Gasteiger partial charge in [-0.15, -0.1) is 0 Å². The number of amides is 1. The van der Waals surface area contributed by atoms with Crippen LogP contribution in [0.25, 0.3) is 0 Å². The summed E-state index contributed by atoms with van der Waals surface area (Å²) < 4.78 is 0. The largest absolute Gasteiger partial charge is 0.481 e. The van der Waals surface area contributed by atoms with E-state index in [0.29, 0.717) is 12.3 Å². The van der Waals surface area contributed by atoms with Crippen molar-refractivity contribution in [1.82, 2.24) is 5.32 Å². The highest BCUT2D eigenvalue weighted by atomic mass is 16.4. The Labute approximate surface area is 121 Å². The highest BCUT2D eigenvalue weighted by molar-refractivity contribution is 5.85. The Morgan fingerprint density at radius 1 is 1.00 bits per heavy atom. The van der Waals surface area contributed by atoms with Crippen molar-refractivity contribution in [2.75, 3.05) is 6.54 Å². The number of carbonyl (C=O) groups excluding carboxylic acids is 1. The van der Waals surface area contributed by atoms with E-state index in [4.69, 9.17) is 5.11 Å². The van der Waals surface area contributed by atoms with Gasteiger partial charge in [0.2, 0.25) is 5.91 Å². The molecular formula is C16H27NO3. The second-order valence-electron chi connectivity index (χ2n) is 6.52. The zero-order valence-corrected chi connectivity index (χ0v) is 12.4. The Bertz CT molecular complexity index is 348. The molecule has 0 unspecified atom stereocenters. The summed E-state index contributed by atoms with van der Waals surface area (Å²) in [5.74, 6) is -0.163. The number of aliphatic carboxylic acids is 1. The van der Waals surface area contributed by atoms with Crippen molar-refractivity contribution < 1.29 is 14.7 Å². The number of carboxylic acid groups (broad SMARTS) is 1. The van der Waals surface area contributed by atoms with Crippen LogP contribution in [0.4, 0.5) is 0 Å². The zero-order chi connectivity index (χ0) is 14.5. The highest BCUT2D eigenvalue weighted by Gasteiger charge is 2.37. The van der Waals surface area contributed by atoms with Gasteiger partial charge in [-0.25, -0.2) is 0 Å². The summed E-state index contributed by atoms with van der Waals surface area (Å²) in [5.41, 5.74) is 0. The number of hydrogen-bond donors (Lipinski definition) is 2. The number of rotatable bonds is 5. The first kappa shape index (κ1) is 15.3. The maximum absolute atomic E-state index is 12.1. The summed E-state index contributed by atoms with van der Waals surface area (Å²) in [6.45, 7) is 2.98. The Morgan fingerprint density at radius 2 is 1.60 bits per heavy atom. The van der Waals surface area contributed by atoms with Crippen LogP contribution in [0.1, 0.15) is 58.3 Å². The van der Waals surface area contributed by atoms with Crippen molar-refractivity contribution in [2.45, 2.75) is 58.3 Å². The minimum atomic E-state index is -0.814. The molecule has 1 amide bonds. The molecule has 2 rings (SSSR count). The lowest BCUT2D eigenvalue weighted by Gasteiger charge is -2.28. The van der Waals surface area contributed by atoms with Gasteiger partial charge < -0.3 is 10.4 Å². The summed E-state index contributed by atoms with van der Waals surface area (Å²) >= 11 is 0. The van der Waals surface area contributed by atoms with Crippen LogP contribution < -0.4 is 5.32 Å². The third kappa shape index (κ3) is 3.74.